The Labute approximate surface area is 124 Å². The topological polar surface area (TPSA) is 42.0 Å². The van der Waals surface area contributed by atoms with Gasteiger partial charge in [0.05, 0.1) is 5.54 Å². The highest BCUT2D eigenvalue weighted by atomic mass is 16.1. The SMILES string of the molecule is CC1=CCC(C)(NC(=O)c2ccc3cnccc3c2)C=C1. The molecule has 1 aliphatic carbocycles. The van der Waals surface area contributed by atoms with Gasteiger partial charge in [0.2, 0.25) is 0 Å². The van der Waals surface area contributed by atoms with Gasteiger partial charge < -0.3 is 5.32 Å². The highest BCUT2D eigenvalue weighted by molar-refractivity contribution is 5.98. The first kappa shape index (κ1) is 13.6. The molecule has 0 fully saturated rings. The van der Waals surface area contributed by atoms with Crippen molar-refractivity contribution in [3.63, 3.8) is 0 Å². The minimum Gasteiger partial charge on any atom is -0.343 e. The van der Waals surface area contributed by atoms with Crippen LogP contribution in [0.2, 0.25) is 0 Å². The first-order valence-corrected chi connectivity index (χ1v) is 7.08. The summed E-state index contributed by atoms with van der Waals surface area (Å²) in [6.07, 6.45) is 10.6. The Bertz CT molecular complexity index is 761. The molecule has 1 N–H and O–H groups in total. The van der Waals surface area contributed by atoms with Gasteiger partial charge in [-0.25, -0.2) is 0 Å². The van der Waals surface area contributed by atoms with Crippen LogP contribution in [0, 0.1) is 0 Å². The van der Waals surface area contributed by atoms with E-state index in [1.807, 2.05) is 31.2 Å². The van der Waals surface area contributed by atoms with Crippen LogP contribution >= 0.6 is 0 Å². The van der Waals surface area contributed by atoms with E-state index in [0.717, 1.165) is 17.2 Å². The number of fused-ring (bicyclic) bond motifs is 1. The number of hydrogen-bond donors (Lipinski definition) is 1. The Morgan fingerprint density at radius 2 is 2.14 bits per heavy atom. The predicted octanol–water partition coefficient (Wildman–Crippen LogP) is 3.63. The zero-order chi connectivity index (χ0) is 14.9. The lowest BCUT2D eigenvalue weighted by atomic mass is 9.90. The van der Waals surface area contributed by atoms with E-state index in [1.54, 1.807) is 12.4 Å². The minimum absolute atomic E-state index is 0.0474. The van der Waals surface area contributed by atoms with Crippen LogP contribution in [0.4, 0.5) is 0 Å². The lowest BCUT2D eigenvalue weighted by Gasteiger charge is -2.29. The maximum atomic E-state index is 12.5. The van der Waals surface area contributed by atoms with Gasteiger partial charge in [0.25, 0.3) is 5.91 Å². The van der Waals surface area contributed by atoms with Gasteiger partial charge in [-0.15, -0.1) is 0 Å². The average molecular weight is 278 g/mol. The summed E-state index contributed by atoms with van der Waals surface area (Å²) in [5, 5.41) is 5.17. The summed E-state index contributed by atoms with van der Waals surface area (Å²) < 4.78 is 0. The average Bonchev–Trinajstić information content (AvgIpc) is 2.50. The zero-order valence-corrected chi connectivity index (χ0v) is 12.3. The number of pyridine rings is 1. The summed E-state index contributed by atoms with van der Waals surface area (Å²) >= 11 is 0. The highest BCUT2D eigenvalue weighted by Gasteiger charge is 2.24. The molecule has 1 amide bonds. The van der Waals surface area contributed by atoms with Gasteiger partial charge in [-0.3, -0.25) is 9.78 Å². The number of nitrogens with one attached hydrogen (secondary N) is 1. The van der Waals surface area contributed by atoms with Crippen LogP contribution in [-0.4, -0.2) is 16.4 Å². The monoisotopic (exact) mass is 278 g/mol. The Morgan fingerprint density at radius 3 is 2.90 bits per heavy atom. The van der Waals surface area contributed by atoms with Crippen molar-refractivity contribution in [2.75, 3.05) is 0 Å². The third-order valence-corrected chi connectivity index (χ3v) is 3.86. The van der Waals surface area contributed by atoms with Gasteiger partial charge in [-0.2, -0.15) is 0 Å². The van der Waals surface area contributed by atoms with Crippen molar-refractivity contribution in [3.05, 3.63) is 66.0 Å². The molecule has 1 heterocycles. The molecule has 1 aliphatic rings. The van der Waals surface area contributed by atoms with Crippen molar-refractivity contribution in [3.8, 4) is 0 Å². The lowest BCUT2D eigenvalue weighted by Crippen LogP contribution is -2.44. The number of allylic oxidation sites excluding steroid dienone is 2. The van der Waals surface area contributed by atoms with Crippen molar-refractivity contribution < 1.29 is 4.79 Å². The number of carbonyl (C=O) groups excluding carboxylic acids is 1. The number of aromatic nitrogens is 1. The number of rotatable bonds is 2. The van der Waals surface area contributed by atoms with Gasteiger partial charge in [0, 0.05) is 23.3 Å². The molecule has 3 rings (SSSR count). The maximum Gasteiger partial charge on any atom is 0.251 e. The van der Waals surface area contributed by atoms with E-state index in [0.29, 0.717) is 5.56 Å². The largest absolute Gasteiger partial charge is 0.343 e. The standard InChI is InChI=1S/C18H18N2O/c1-13-5-8-18(2,9-6-13)20-17(21)15-3-4-16-12-19-10-7-14(16)11-15/h3-8,10-12H,9H2,1-2H3,(H,20,21). The van der Waals surface area contributed by atoms with E-state index < -0.39 is 0 Å². The number of carbonyl (C=O) groups is 1. The van der Waals surface area contributed by atoms with Crippen LogP contribution < -0.4 is 5.32 Å². The molecule has 2 aromatic rings. The second-order valence-electron chi connectivity index (χ2n) is 5.79. The first-order valence-electron chi connectivity index (χ1n) is 7.08. The van der Waals surface area contributed by atoms with Crippen molar-refractivity contribution in [1.82, 2.24) is 10.3 Å². The Hall–Kier alpha value is -2.42. The lowest BCUT2D eigenvalue weighted by molar-refractivity contribution is 0.0922. The fourth-order valence-electron chi connectivity index (χ4n) is 2.47. The Balaban J connectivity index is 1.83. The molecule has 0 saturated carbocycles. The molecule has 106 valence electrons. The molecule has 0 spiro atoms. The summed E-state index contributed by atoms with van der Waals surface area (Å²) in [5.74, 6) is -0.0474. The molecule has 3 heteroatoms. The molecule has 0 aliphatic heterocycles. The molecule has 0 saturated heterocycles. The number of amides is 1. The smallest absolute Gasteiger partial charge is 0.251 e. The second kappa shape index (κ2) is 5.17. The summed E-state index contributed by atoms with van der Waals surface area (Å²) in [6.45, 7) is 4.10. The molecule has 0 bridgehead atoms. The summed E-state index contributed by atoms with van der Waals surface area (Å²) in [5.41, 5.74) is 1.60. The molecular formula is C18H18N2O. The van der Waals surface area contributed by atoms with Crippen molar-refractivity contribution in [2.24, 2.45) is 0 Å². The molecule has 1 aromatic heterocycles. The van der Waals surface area contributed by atoms with Crippen LogP contribution in [0.15, 0.2) is 60.5 Å². The van der Waals surface area contributed by atoms with Gasteiger partial charge >= 0.3 is 0 Å². The summed E-state index contributed by atoms with van der Waals surface area (Å²) in [4.78, 5) is 16.5. The molecular weight excluding hydrogens is 260 g/mol. The van der Waals surface area contributed by atoms with Crippen molar-refractivity contribution in [2.45, 2.75) is 25.8 Å². The van der Waals surface area contributed by atoms with Gasteiger partial charge in [0.1, 0.15) is 0 Å². The number of nitrogens with zero attached hydrogens (tertiary/aromatic N) is 1. The molecule has 0 radical (unpaired) electrons. The van der Waals surface area contributed by atoms with Crippen LogP contribution in [0.5, 0.6) is 0 Å². The normalized spacial score (nSPS) is 21.1. The third-order valence-electron chi connectivity index (χ3n) is 3.86. The van der Waals surface area contributed by atoms with Gasteiger partial charge in [-0.1, -0.05) is 29.9 Å². The number of hydrogen-bond acceptors (Lipinski definition) is 2. The molecule has 3 nitrogen and oxygen atoms in total. The van der Waals surface area contributed by atoms with Gasteiger partial charge in [-0.05, 0) is 43.9 Å². The van der Waals surface area contributed by atoms with E-state index in [1.165, 1.54) is 5.57 Å². The highest BCUT2D eigenvalue weighted by Crippen LogP contribution is 2.21. The van der Waals surface area contributed by atoms with Crippen LogP contribution in [-0.2, 0) is 0 Å². The Morgan fingerprint density at radius 1 is 1.29 bits per heavy atom. The van der Waals surface area contributed by atoms with E-state index >= 15 is 0 Å². The van der Waals surface area contributed by atoms with Crippen molar-refractivity contribution in [1.29, 1.82) is 0 Å². The zero-order valence-electron chi connectivity index (χ0n) is 12.3. The molecule has 21 heavy (non-hydrogen) atoms. The van der Waals surface area contributed by atoms with Crippen LogP contribution in [0.3, 0.4) is 0 Å². The van der Waals surface area contributed by atoms with Gasteiger partial charge in [0.15, 0.2) is 0 Å². The second-order valence-corrected chi connectivity index (χ2v) is 5.79. The van der Waals surface area contributed by atoms with Crippen LogP contribution in [0.1, 0.15) is 30.6 Å². The fourth-order valence-corrected chi connectivity index (χ4v) is 2.47. The molecule has 1 atom stereocenters. The van der Waals surface area contributed by atoms with Crippen LogP contribution in [0.25, 0.3) is 10.8 Å². The Kier molecular flexibility index (Phi) is 3.34. The first-order chi connectivity index (χ1) is 10.1. The van der Waals surface area contributed by atoms with E-state index in [4.69, 9.17) is 0 Å². The molecule has 1 unspecified atom stereocenters. The maximum absolute atomic E-state index is 12.5. The summed E-state index contributed by atoms with van der Waals surface area (Å²) in [7, 11) is 0. The van der Waals surface area contributed by atoms with E-state index in [-0.39, 0.29) is 11.4 Å². The van der Waals surface area contributed by atoms with E-state index in [2.05, 4.69) is 35.5 Å². The summed E-state index contributed by atoms with van der Waals surface area (Å²) in [6, 6.07) is 7.60. The fraction of sp³-hybridized carbons (Fsp3) is 0.222. The number of benzene rings is 1. The third kappa shape index (κ3) is 2.87. The predicted molar refractivity (Wildman–Crippen MR) is 85.1 cm³/mol. The van der Waals surface area contributed by atoms with Crippen molar-refractivity contribution >= 4 is 16.7 Å². The molecule has 1 aromatic carbocycles. The quantitative estimate of drug-likeness (QED) is 0.911. The minimum atomic E-state index is -0.316. The van der Waals surface area contributed by atoms with E-state index in [9.17, 15) is 4.79 Å².